The molecule has 13 heavy (non-hydrogen) atoms. The summed E-state index contributed by atoms with van der Waals surface area (Å²) in [6, 6.07) is 4.06. The fraction of sp³-hybridized carbons (Fsp3) is 0.400. The predicted octanol–water partition coefficient (Wildman–Crippen LogP) is 3.20. The summed E-state index contributed by atoms with van der Waals surface area (Å²) in [6.07, 6.45) is 2.19. The quantitative estimate of drug-likeness (QED) is 0.660. The van der Waals surface area contributed by atoms with Gasteiger partial charge in [0.05, 0.1) is 0 Å². The van der Waals surface area contributed by atoms with Crippen molar-refractivity contribution in [3.05, 3.63) is 23.3 Å². The van der Waals surface area contributed by atoms with Gasteiger partial charge in [-0.2, -0.15) is 0 Å². The Morgan fingerprint density at radius 1 is 1.31 bits per heavy atom. The lowest BCUT2D eigenvalue weighted by molar-refractivity contribution is 0.910. The molecule has 0 saturated carbocycles. The van der Waals surface area contributed by atoms with Crippen molar-refractivity contribution in [1.29, 1.82) is 0 Å². The zero-order chi connectivity index (χ0) is 9.26. The maximum Gasteiger partial charge on any atom is 0.118 e. The monoisotopic (exact) mass is 174 g/mol. The van der Waals surface area contributed by atoms with E-state index in [2.05, 4.69) is 35.7 Å². The van der Waals surface area contributed by atoms with Crippen molar-refractivity contribution in [2.75, 3.05) is 0 Å². The van der Waals surface area contributed by atoms with Gasteiger partial charge in [-0.25, -0.2) is 0 Å². The molecular weight excluding hydrogens is 162 g/mol. The Kier molecular flexibility index (Phi) is 2.00. The zero-order valence-corrected chi connectivity index (χ0v) is 7.91. The molecule has 0 amide bonds. The standard InChI is InChI=1S/C10H12N3/c1-3-4-8-7(2)5-6-9-10(8)12-13-11-9/h5-6H,3-4H2,1-2H3. The van der Waals surface area contributed by atoms with Crippen LogP contribution in [0.1, 0.15) is 24.5 Å². The first-order valence-corrected chi connectivity index (χ1v) is 4.57. The molecule has 1 aliphatic heterocycles. The minimum atomic E-state index is 0.911. The molecule has 0 atom stereocenters. The minimum Gasteiger partial charge on any atom is -0.128 e. The van der Waals surface area contributed by atoms with E-state index in [9.17, 15) is 0 Å². The lowest BCUT2D eigenvalue weighted by Crippen LogP contribution is -1.90. The molecule has 1 heterocycles. The summed E-state index contributed by atoms with van der Waals surface area (Å²) in [6.45, 7) is 4.28. The van der Waals surface area contributed by atoms with E-state index in [-0.39, 0.29) is 0 Å². The topological polar surface area (TPSA) is 38.8 Å². The number of aryl methyl sites for hydroxylation is 1. The van der Waals surface area contributed by atoms with Crippen LogP contribution in [0.15, 0.2) is 22.5 Å². The minimum absolute atomic E-state index is 0.911. The van der Waals surface area contributed by atoms with E-state index < -0.39 is 0 Å². The van der Waals surface area contributed by atoms with E-state index in [0.29, 0.717) is 0 Å². The smallest absolute Gasteiger partial charge is 0.118 e. The van der Waals surface area contributed by atoms with Gasteiger partial charge >= 0.3 is 0 Å². The van der Waals surface area contributed by atoms with E-state index in [1.807, 2.05) is 6.07 Å². The highest BCUT2D eigenvalue weighted by Gasteiger charge is 2.15. The van der Waals surface area contributed by atoms with Crippen molar-refractivity contribution in [2.45, 2.75) is 26.7 Å². The summed E-state index contributed by atoms with van der Waals surface area (Å²) >= 11 is 0. The van der Waals surface area contributed by atoms with Crippen LogP contribution >= 0.6 is 0 Å². The van der Waals surface area contributed by atoms with Crippen LogP contribution in [0.25, 0.3) is 0 Å². The maximum atomic E-state index is 4.04. The van der Waals surface area contributed by atoms with Gasteiger partial charge in [0.25, 0.3) is 0 Å². The maximum absolute atomic E-state index is 4.04. The van der Waals surface area contributed by atoms with Gasteiger partial charge in [0.2, 0.25) is 0 Å². The number of fused-ring (bicyclic) bond motifs is 1. The molecule has 1 aromatic rings. The number of nitrogens with zero attached hydrogens (tertiary/aromatic N) is 3. The molecule has 1 aromatic carbocycles. The molecule has 0 saturated heterocycles. The van der Waals surface area contributed by atoms with Gasteiger partial charge in [0.15, 0.2) is 0 Å². The van der Waals surface area contributed by atoms with Crippen molar-refractivity contribution in [1.82, 2.24) is 5.43 Å². The van der Waals surface area contributed by atoms with Gasteiger partial charge < -0.3 is 0 Å². The Bertz CT molecular complexity index is 355. The average molecular weight is 174 g/mol. The highest BCUT2D eigenvalue weighted by atomic mass is 15.5. The number of benzene rings is 1. The van der Waals surface area contributed by atoms with Crippen LogP contribution in [-0.4, -0.2) is 0 Å². The molecule has 67 valence electrons. The fourth-order valence-corrected chi connectivity index (χ4v) is 1.60. The van der Waals surface area contributed by atoms with Gasteiger partial charge in [0, 0.05) is 0 Å². The molecule has 2 rings (SSSR count). The lowest BCUT2D eigenvalue weighted by atomic mass is 10.0. The fourth-order valence-electron chi connectivity index (χ4n) is 1.60. The van der Waals surface area contributed by atoms with E-state index in [4.69, 9.17) is 0 Å². The van der Waals surface area contributed by atoms with E-state index >= 15 is 0 Å². The normalized spacial score (nSPS) is 12.8. The molecule has 1 aliphatic rings. The molecule has 3 heteroatoms. The van der Waals surface area contributed by atoms with Crippen molar-refractivity contribution < 1.29 is 0 Å². The Balaban J connectivity index is 2.51. The average Bonchev–Trinajstić information content (AvgIpc) is 2.58. The molecule has 1 radical (unpaired) electrons. The Morgan fingerprint density at radius 2 is 2.15 bits per heavy atom. The highest BCUT2D eigenvalue weighted by Crippen LogP contribution is 2.36. The largest absolute Gasteiger partial charge is 0.128 e. The van der Waals surface area contributed by atoms with Gasteiger partial charge in [-0.05, 0) is 35.8 Å². The third kappa shape index (κ3) is 1.30. The molecule has 0 spiro atoms. The van der Waals surface area contributed by atoms with E-state index in [1.165, 1.54) is 11.1 Å². The molecule has 0 N–H and O–H groups in total. The third-order valence-electron chi connectivity index (χ3n) is 2.29. The second-order valence-corrected chi connectivity index (χ2v) is 3.27. The highest BCUT2D eigenvalue weighted by molar-refractivity contribution is 5.68. The molecule has 0 aliphatic carbocycles. The summed E-state index contributed by atoms with van der Waals surface area (Å²) in [5, 5.41) is 7.72. The summed E-state index contributed by atoms with van der Waals surface area (Å²) < 4.78 is 0. The van der Waals surface area contributed by atoms with Gasteiger partial charge in [0.1, 0.15) is 11.4 Å². The van der Waals surface area contributed by atoms with Crippen LogP contribution in [0, 0.1) is 6.92 Å². The SMILES string of the molecule is CCCc1c(C)ccc2c1N=N[N]2. The first-order chi connectivity index (χ1) is 6.33. The Labute approximate surface area is 77.9 Å². The summed E-state index contributed by atoms with van der Waals surface area (Å²) in [4.78, 5) is 0. The van der Waals surface area contributed by atoms with Crippen molar-refractivity contribution in [3.63, 3.8) is 0 Å². The van der Waals surface area contributed by atoms with Crippen LogP contribution in [-0.2, 0) is 6.42 Å². The zero-order valence-electron chi connectivity index (χ0n) is 7.91. The Hall–Kier alpha value is -1.38. The molecule has 0 fully saturated rings. The number of hydrogen-bond donors (Lipinski definition) is 0. The van der Waals surface area contributed by atoms with Crippen LogP contribution in [0.3, 0.4) is 0 Å². The first-order valence-electron chi connectivity index (χ1n) is 4.57. The van der Waals surface area contributed by atoms with E-state index in [0.717, 1.165) is 24.2 Å². The summed E-state index contributed by atoms with van der Waals surface area (Å²) in [5.41, 5.74) is 8.41. The molecular formula is C10H12N3. The van der Waals surface area contributed by atoms with Crippen molar-refractivity contribution in [2.24, 2.45) is 10.3 Å². The molecule has 0 bridgehead atoms. The lowest BCUT2D eigenvalue weighted by Gasteiger charge is -2.06. The van der Waals surface area contributed by atoms with Crippen LogP contribution < -0.4 is 5.43 Å². The third-order valence-corrected chi connectivity index (χ3v) is 2.29. The predicted molar refractivity (Wildman–Crippen MR) is 51.5 cm³/mol. The summed E-state index contributed by atoms with van der Waals surface area (Å²) in [7, 11) is 0. The number of hydrogen-bond acceptors (Lipinski definition) is 2. The Morgan fingerprint density at radius 3 is 2.92 bits per heavy atom. The molecule has 0 aromatic heterocycles. The van der Waals surface area contributed by atoms with Crippen molar-refractivity contribution >= 4 is 11.4 Å². The van der Waals surface area contributed by atoms with Crippen LogP contribution in [0.5, 0.6) is 0 Å². The summed E-state index contributed by atoms with van der Waals surface area (Å²) in [5.74, 6) is 0. The van der Waals surface area contributed by atoms with Crippen LogP contribution in [0.4, 0.5) is 11.4 Å². The van der Waals surface area contributed by atoms with Gasteiger partial charge in [-0.3, -0.25) is 0 Å². The van der Waals surface area contributed by atoms with Crippen LogP contribution in [0.2, 0.25) is 0 Å². The molecule has 3 nitrogen and oxygen atoms in total. The van der Waals surface area contributed by atoms with Crippen molar-refractivity contribution in [3.8, 4) is 0 Å². The molecule has 0 unspecified atom stereocenters. The second kappa shape index (κ2) is 3.17. The van der Waals surface area contributed by atoms with Gasteiger partial charge in [-0.1, -0.05) is 19.4 Å². The second-order valence-electron chi connectivity index (χ2n) is 3.27. The van der Waals surface area contributed by atoms with Gasteiger partial charge in [-0.15, -0.1) is 10.5 Å². The van der Waals surface area contributed by atoms with E-state index in [1.54, 1.807) is 0 Å². The first kappa shape index (κ1) is 8.23. The number of rotatable bonds is 2.